The first-order valence-electron chi connectivity index (χ1n) is 7.26. The number of morpholine rings is 1. The van der Waals surface area contributed by atoms with Gasteiger partial charge in [-0.05, 0) is 18.1 Å². The minimum Gasteiger partial charge on any atom is -0.508 e. The number of ether oxygens (including phenoxy) is 1. The number of phenols is 2. The molecule has 1 aromatic rings. The van der Waals surface area contributed by atoms with Crippen molar-refractivity contribution in [1.82, 2.24) is 10.0 Å². The number of hydrogen-bond acceptors (Lipinski definition) is 6. The number of nitrogens with zero attached hydrogens (tertiary/aromatic N) is 2. The summed E-state index contributed by atoms with van der Waals surface area (Å²) >= 11 is 0. The van der Waals surface area contributed by atoms with E-state index in [-0.39, 0.29) is 36.2 Å². The maximum absolute atomic E-state index is 12.5. The molecule has 22 heavy (non-hydrogen) atoms. The van der Waals surface area contributed by atoms with Crippen molar-refractivity contribution in [2.45, 2.75) is 12.8 Å². The first-order chi connectivity index (χ1) is 10.6. The van der Waals surface area contributed by atoms with E-state index in [0.29, 0.717) is 31.9 Å². The second kappa shape index (κ2) is 5.94. The van der Waals surface area contributed by atoms with Crippen LogP contribution in [-0.2, 0) is 20.7 Å². The summed E-state index contributed by atoms with van der Waals surface area (Å²) in [6.45, 7) is 2.05. The molecule has 118 valence electrons. The highest BCUT2D eigenvalue weighted by atomic mass is 16.5. The van der Waals surface area contributed by atoms with Crippen LogP contribution in [0.5, 0.6) is 11.5 Å². The molecule has 2 heterocycles. The molecule has 1 atom stereocenters. The Morgan fingerprint density at radius 3 is 2.59 bits per heavy atom. The highest BCUT2D eigenvalue weighted by Crippen LogP contribution is 2.30. The second-order valence-electron chi connectivity index (χ2n) is 5.53. The van der Waals surface area contributed by atoms with Gasteiger partial charge in [0.15, 0.2) is 0 Å². The van der Waals surface area contributed by atoms with E-state index in [2.05, 4.69) is 0 Å². The zero-order chi connectivity index (χ0) is 15.7. The van der Waals surface area contributed by atoms with Crippen LogP contribution in [0.25, 0.3) is 0 Å². The van der Waals surface area contributed by atoms with E-state index in [1.165, 1.54) is 17.1 Å². The van der Waals surface area contributed by atoms with E-state index >= 15 is 0 Å². The van der Waals surface area contributed by atoms with Gasteiger partial charge >= 0.3 is 0 Å². The molecule has 0 saturated carbocycles. The number of carbonyl (C=O) groups is 2. The molecular weight excluding hydrogens is 288 g/mol. The van der Waals surface area contributed by atoms with Gasteiger partial charge in [0.05, 0.1) is 19.1 Å². The van der Waals surface area contributed by atoms with Crippen LogP contribution in [0.3, 0.4) is 0 Å². The Morgan fingerprint density at radius 2 is 1.91 bits per heavy atom. The van der Waals surface area contributed by atoms with E-state index in [1.807, 2.05) is 0 Å². The monoisotopic (exact) mass is 306 g/mol. The van der Waals surface area contributed by atoms with Crippen LogP contribution in [0, 0.1) is 5.92 Å². The zero-order valence-electron chi connectivity index (χ0n) is 12.1. The number of imide groups is 1. The molecular formula is C15H18N2O5. The van der Waals surface area contributed by atoms with Crippen molar-refractivity contribution in [3.05, 3.63) is 23.8 Å². The standard InChI is InChI=1S/C15H18N2O5/c18-12-2-1-10(13(19)9-12)7-11-8-14(20)17(15(11)21)16-3-5-22-6-4-16/h1-2,9,11,18-19H,3-8H2. The summed E-state index contributed by atoms with van der Waals surface area (Å²) in [7, 11) is 0. The first kappa shape index (κ1) is 14.8. The molecule has 7 nitrogen and oxygen atoms in total. The number of rotatable bonds is 3. The van der Waals surface area contributed by atoms with Crippen molar-refractivity contribution in [2.75, 3.05) is 26.3 Å². The van der Waals surface area contributed by atoms with E-state index in [1.54, 1.807) is 11.1 Å². The molecule has 1 unspecified atom stereocenters. The summed E-state index contributed by atoms with van der Waals surface area (Å²) in [4.78, 5) is 24.6. The van der Waals surface area contributed by atoms with Gasteiger partial charge in [0.1, 0.15) is 11.5 Å². The van der Waals surface area contributed by atoms with Crippen molar-refractivity contribution in [3.63, 3.8) is 0 Å². The van der Waals surface area contributed by atoms with Crippen LogP contribution in [0.4, 0.5) is 0 Å². The quantitative estimate of drug-likeness (QED) is 0.779. The lowest BCUT2D eigenvalue weighted by Gasteiger charge is -2.33. The maximum atomic E-state index is 12.5. The summed E-state index contributed by atoms with van der Waals surface area (Å²) in [5.74, 6) is -1.03. The molecule has 2 amide bonds. The molecule has 0 bridgehead atoms. The smallest absolute Gasteiger partial charge is 0.247 e. The van der Waals surface area contributed by atoms with E-state index in [4.69, 9.17) is 4.74 Å². The van der Waals surface area contributed by atoms with Crippen LogP contribution in [-0.4, -0.2) is 58.3 Å². The molecule has 2 fully saturated rings. The molecule has 2 N–H and O–H groups in total. The summed E-state index contributed by atoms with van der Waals surface area (Å²) in [5, 5.41) is 22.1. The minimum atomic E-state index is -0.481. The zero-order valence-corrected chi connectivity index (χ0v) is 12.1. The number of carbonyl (C=O) groups excluding carboxylic acids is 2. The fourth-order valence-electron chi connectivity index (χ4n) is 2.88. The van der Waals surface area contributed by atoms with Gasteiger partial charge in [-0.15, -0.1) is 0 Å². The normalized spacial score (nSPS) is 23.3. The fourth-order valence-corrected chi connectivity index (χ4v) is 2.88. The van der Waals surface area contributed by atoms with Gasteiger partial charge < -0.3 is 14.9 Å². The lowest BCUT2D eigenvalue weighted by Crippen LogP contribution is -2.51. The molecule has 2 saturated heterocycles. The van der Waals surface area contributed by atoms with E-state index in [0.717, 1.165) is 0 Å². The highest BCUT2D eigenvalue weighted by Gasteiger charge is 2.42. The largest absolute Gasteiger partial charge is 0.508 e. The number of aromatic hydroxyl groups is 2. The van der Waals surface area contributed by atoms with Crippen LogP contribution in [0.2, 0.25) is 0 Å². The number of hydrogen-bond donors (Lipinski definition) is 2. The molecule has 0 radical (unpaired) electrons. The Kier molecular flexibility index (Phi) is 4.00. The predicted octanol–water partition coefficient (Wildman–Crippen LogP) is 0.263. The van der Waals surface area contributed by atoms with Crippen molar-refractivity contribution in [1.29, 1.82) is 0 Å². The molecule has 2 aliphatic heterocycles. The molecule has 1 aromatic carbocycles. The van der Waals surface area contributed by atoms with E-state index < -0.39 is 5.92 Å². The SMILES string of the molecule is O=C1CC(Cc2ccc(O)cc2O)C(=O)N1N1CCOCC1. The number of amides is 2. The molecule has 0 spiro atoms. The van der Waals surface area contributed by atoms with Crippen molar-refractivity contribution < 1.29 is 24.5 Å². The van der Waals surface area contributed by atoms with Crippen LogP contribution < -0.4 is 0 Å². The Hall–Kier alpha value is -2.12. The average molecular weight is 306 g/mol. The van der Waals surface area contributed by atoms with Gasteiger partial charge in [-0.2, -0.15) is 0 Å². The molecule has 2 aliphatic rings. The number of benzene rings is 1. The van der Waals surface area contributed by atoms with Crippen LogP contribution in [0.1, 0.15) is 12.0 Å². The van der Waals surface area contributed by atoms with Gasteiger partial charge in [0.25, 0.3) is 0 Å². The second-order valence-corrected chi connectivity index (χ2v) is 5.53. The Morgan fingerprint density at radius 1 is 1.18 bits per heavy atom. The molecule has 7 heteroatoms. The van der Waals surface area contributed by atoms with Crippen molar-refractivity contribution >= 4 is 11.8 Å². The van der Waals surface area contributed by atoms with Crippen molar-refractivity contribution in [3.8, 4) is 11.5 Å². The molecule has 0 aliphatic carbocycles. The van der Waals surface area contributed by atoms with Gasteiger partial charge in [-0.1, -0.05) is 6.07 Å². The van der Waals surface area contributed by atoms with E-state index in [9.17, 15) is 19.8 Å². The average Bonchev–Trinajstić information content (AvgIpc) is 2.77. The summed E-state index contributed by atoms with van der Waals surface area (Å²) in [6, 6.07) is 4.26. The molecule has 3 rings (SSSR count). The Labute approximate surface area is 127 Å². The Bertz CT molecular complexity index is 598. The summed E-state index contributed by atoms with van der Waals surface area (Å²) < 4.78 is 5.23. The lowest BCUT2D eigenvalue weighted by molar-refractivity contribution is -0.164. The third-order valence-electron chi connectivity index (χ3n) is 4.02. The minimum absolute atomic E-state index is 0.0370. The van der Waals surface area contributed by atoms with Crippen molar-refractivity contribution in [2.24, 2.45) is 5.92 Å². The number of phenolic OH excluding ortho intramolecular Hbond substituents is 2. The highest BCUT2D eigenvalue weighted by molar-refractivity contribution is 6.03. The van der Waals surface area contributed by atoms with Gasteiger partial charge in [0.2, 0.25) is 11.8 Å². The van der Waals surface area contributed by atoms with Gasteiger partial charge in [0, 0.05) is 25.6 Å². The third kappa shape index (κ3) is 2.77. The first-order valence-corrected chi connectivity index (χ1v) is 7.26. The predicted molar refractivity (Wildman–Crippen MR) is 75.8 cm³/mol. The Balaban J connectivity index is 1.73. The fraction of sp³-hybridized carbons (Fsp3) is 0.467. The lowest BCUT2D eigenvalue weighted by atomic mass is 9.97. The molecule has 0 aromatic heterocycles. The van der Waals surface area contributed by atoms with Crippen LogP contribution in [0.15, 0.2) is 18.2 Å². The number of hydrazine groups is 1. The maximum Gasteiger partial charge on any atom is 0.247 e. The summed E-state index contributed by atoms with van der Waals surface area (Å²) in [5.41, 5.74) is 0.549. The van der Waals surface area contributed by atoms with Gasteiger partial charge in [-0.25, -0.2) is 10.0 Å². The third-order valence-corrected chi connectivity index (χ3v) is 4.02. The van der Waals surface area contributed by atoms with Gasteiger partial charge in [-0.3, -0.25) is 9.59 Å². The topological polar surface area (TPSA) is 90.3 Å². The van der Waals surface area contributed by atoms with Crippen LogP contribution >= 0.6 is 0 Å². The summed E-state index contributed by atoms with van der Waals surface area (Å²) in [6.07, 6.45) is 0.411.